The molecule has 0 fully saturated rings. The lowest BCUT2D eigenvalue weighted by Crippen LogP contribution is -2.38. The molecule has 5 rings (SSSR count). The maximum Gasteiger partial charge on any atom is 0.337 e. The first kappa shape index (κ1) is 27.2. The summed E-state index contributed by atoms with van der Waals surface area (Å²) in [6.45, 7) is 1.80. The van der Waals surface area contributed by atoms with Crippen LogP contribution in [0, 0.1) is 18.3 Å². The molecule has 1 unspecified atom stereocenters. The smallest absolute Gasteiger partial charge is 0.337 e. The van der Waals surface area contributed by atoms with Crippen LogP contribution in [-0.4, -0.2) is 40.7 Å². The summed E-state index contributed by atoms with van der Waals surface area (Å²) in [5.41, 5.74) is 8.85. The van der Waals surface area contributed by atoms with Crippen molar-refractivity contribution < 1.29 is 23.5 Å². The molecule has 1 aliphatic heterocycles. The molecular formula is C27H24N6O5S2. The number of ether oxygens (including phenoxy) is 1. The predicted molar refractivity (Wildman–Crippen MR) is 148 cm³/mol. The first-order valence-electron chi connectivity index (χ1n) is 12.3. The largest absolute Gasteiger partial charge is 0.465 e. The number of esters is 1. The quantitative estimate of drug-likeness (QED) is 0.305. The Kier molecular flexibility index (Phi) is 7.72. The van der Waals surface area contributed by atoms with Crippen molar-refractivity contribution >= 4 is 51.6 Å². The molecule has 40 heavy (non-hydrogen) atoms. The zero-order valence-electron chi connectivity index (χ0n) is 21.6. The Bertz CT molecular complexity index is 1600. The van der Waals surface area contributed by atoms with Crippen LogP contribution < -0.4 is 16.0 Å². The zero-order chi connectivity index (χ0) is 28.4. The van der Waals surface area contributed by atoms with Gasteiger partial charge in [-0.25, -0.2) is 4.79 Å². The average molecular weight is 577 g/mol. The number of allylic oxidation sites excluding steroid dienone is 3. The second-order valence-electron chi connectivity index (χ2n) is 9.02. The zero-order valence-corrected chi connectivity index (χ0v) is 23.2. The van der Waals surface area contributed by atoms with E-state index in [1.165, 1.54) is 30.2 Å². The van der Waals surface area contributed by atoms with Gasteiger partial charge >= 0.3 is 5.97 Å². The van der Waals surface area contributed by atoms with E-state index in [9.17, 15) is 19.6 Å². The highest BCUT2D eigenvalue weighted by molar-refractivity contribution is 8.01. The van der Waals surface area contributed by atoms with Gasteiger partial charge in [0.15, 0.2) is 10.1 Å². The van der Waals surface area contributed by atoms with Crippen LogP contribution in [-0.2, 0) is 14.3 Å². The summed E-state index contributed by atoms with van der Waals surface area (Å²) in [7, 11) is 1.30. The third-order valence-electron chi connectivity index (χ3n) is 6.46. The number of amides is 1. The lowest BCUT2D eigenvalue weighted by molar-refractivity contribution is -0.116. The summed E-state index contributed by atoms with van der Waals surface area (Å²) in [5, 5.41) is 21.7. The van der Waals surface area contributed by atoms with Gasteiger partial charge in [0.25, 0.3) is 0 Å². The number of carbonyl (C=O) groups excluding carboxylic acids is 3. The van der Waals surface area contributed by atoms with Crippen LogP contribution in [0.3, 0.4) is 0 Å². The number of benzene rings is 1. The van der Waals surface area contributed by atoms with Crippen LogP contribution in [0.5, 0.6) is 0 Å². The van der Waals surface area contributed by atoms with E-state index in [4.69, 9.17) is 10.2 Å². The summed E-state index contributed by atoms with van der Waals surface area (Å²) in [6.07, 6.45) is 1.60. The van der Waals surface area contributed by atoms with Crippen molar-refractivity contribution in [3.05, 3.63) is 76.1 Å². The number of ketones is 1. The third kappa shape index (κ3) is 5.23. The van der Waals surface area contributed by atoms with Crippen molar-refractivity contribution in [1.82, 2.24) is 10.2 Å². The van der Waals surface area contributed by atoms with Gasteiger partial charge in [-0.2, -0.15) is 5.26 Å². The molecule has 0 saturated heterocycles. The number of hydrogen-bond acceptors (Lipinski definition) is 12. The molecule has 0 spiro atoms. The monoisotopic (exact) mass is 576 g/mol. The first-order chi connectivity index (χ1) is 19.3. The molecule has 0 saturated carbocycles. The molecule has 1 aromatic carbocycles. The molecule has 3 N–H and O–H groups in total. The summed E-state index contributed by atoms with van der Waals surface area (Å²) in [4.78, 5) is 38.9. The Balaban J connectivity index is 1.34. The molecule has 0 bridgehead atoms. The molecule has 11 nitrogen and oxygen atoms in total. The number of furan rings is 1. The van der Waals surface area contributed by atoms with Crippen LogP contribution in [0.2, 0.25) is 0 Å². The fourth-order valence-corrected chi connectivity index (χ4v) is 6.36. The predicted octanol–water partition coefficient (Wildman–Crippen LogP) is 4.26. The number of anilines is 2. The number of nitrogens with two attached hydrogens (primary N) is 1. The summed E-state index contributed by atoms with van der Waals surface area (Å²) >= 11 is 2.41. The SMILES string of the molecule is COC(=O)c1ccc(NC(=O)CSc2nnc(N3C(N)=C(C#N)C(c4ccc(C)o4)C4=C3CCCC4=O)s2)cc1. The third-order valence-corrected chi connectivity index (χ3v) is 8.50. The van der Waals surface area contributed by atoms with Gasteiger partial charge < -0.3 is 20.2 Å². The molecule has 1 atom stereocenters. The number of Topliss-reactive ketones (excluding diaryl/α,β-unsaturated/α-hetero) is 1. The highest BCUT2D eigenvalue weighted by Gasteiger charge is 2.42. The van der Waals surface area contributed by atoms with Crippen LogP contribution in [0.25, 0.3) is 0 Å². The van der Waals surface area contributed by atoms with Gasteiger partial charge in [-0.1, -0.05) is 23.1 Å². The maximum absolute atomic E-state index is 13.2. The number of nitrogens with one attached hydrogen (secondary N) is 1. The van der Waals surface area contributed by atoms with Crippen molar-refractivity contribution in [2.24, 2.45) is 5.73 Å². The Morgan fingerprint density at radius 3 is 2.70 bits per heavy atom. The molecule has 204 valence electrons. The van der Waals surface area contributed by atoms with Crippen LogP contribution in [0.4, 0.5) is 10.8 Å². The van der Waals surface area contributed by atoms with E-state index < -0.39 is 11.9 Å². The van der Waals surface area contributed by atoms with Gasteiger partial charge in [-0.3, -0.25) is 14.5 Å². The summed E-state index contributed by atoms with van der Waals surface area (Å²) in [5.74, 6) is -0.0452. The van der Waals surface area contributed by atoms with E-state index in [1.807, 2.05) is 0 Å². The topological polar surface area (TPSA) is 164 Å². The van der Waals surface area contributed by atoms with E-state index in [1.54, 1.807) is 48.2 Å². The highest BCUT2D eigenvalue weighted by Crippen LogP contribution is 2.47. The van der Waals surface area contributed by atoms with Gasteiger partial charge in [0.1, 0.15) is 17.3 Å². The second kappa shape index (κ2) is 11.4. The van der Waals surface area contributed by atoms with Crippen molar-refractivity contribution in [2.45, 2.75) is 36.4 Å². The molecule has 3 aromatic rings. The lowest BCUT2D eigenvalue weighted by atomic mass is 9.78. The minimum absolute atomic E-state index is 0.0547. The van der Waals surface area contributed by atoms with Gasteiger partial charge in [0.05, 0.1) is 36.0 Å². The van der Waals surface area contributed by atoms with Crippen molar-refractivity contribution in [2.75, 3.05) is 23.1 Å². The van der Waals surface area contributed by atoms with E-state index in [0.717, 1.165) is 0 Å². The van der Waals surface area contributed by atoms with E-state index in [-0.39, 0.29) is 28.8 Å². The molecule has 1 aliphatic carbocycles. The van der Waals surface area contributed by atoms with Crippen molar-refractivity contribution in [1.29, 1.82) is 5.26 Å². The minimum Gasteiger partial charge on any atom is -0.465 e. The first-order valence-corrected chi connectivity index (χ1v) is 14.1. The van der Waals surface area contributed by atoms with Gasteiger partial charge in [0, 0.05) is 23.4 Å². The molecular weight excluding hydrogens is 552 g/mol. The number of thioether (sulfide) groups is 1. The van der Waals surface area contributed by atoms with Crippen LogP contribution >= 0.6 is 23.1 Å². The van der Waals surface area contributed by atoms with E-state index >= 15 is 0 Å². The number of carbonyl (C=O) groups is 3. The second-order valence-corrected chi connectivity index (χ2v) is 11.2. The lowest BCUT2D eigenvalue weighted by Gasteiger charge is -2.37. The van der Waals surface area contributed by atoms with Crippen LogP contribution in [0.1, 0.15) is 47.1 Å². The van der Waals surface area contributed by atoms with Crippen molar-refractivity contribution in [3.63, 3.8) is 0 Å². The van der Waals surface area contributed by atoms with E-state index in [0.29, 0.717) is 62.8 Å². The number of nitriles is 1. The normalized spacial score (nSPS) is 17.0. The molecule has 13 heteroatoms. The minimum atomic E-state index is -0.676. The number of methoxy groups -OCH3 is 1. The molecule has 1 amide bonds. The van der Waals surface area contributed by atoms with Gasteiger partial charge in [0.2, 0.25) is 11.0 Å². The van der Waals surface area contributed by atoms with Gasteiger partial charge in [-0.15, -0.1) is 10.2 Å². The number of nitrogens with zero attached hydrogens (tertiary/aromatic N) is 4. The maximum atomic E-state index is 13.2. The number of hydrogen-bond donors (Lipinski definition) is 2. The molecule has 3 heterocycles. The molecule has 0 radical (unpaired) electrons. The highest BCUT2D eigenvalue weighted by atomic mass is 32.2. The van der Waals surface area contributed by atoms with Gasteiger partial charge in [-0.05, 0) is 56.2 Å². The summed E-state index contributed by atoms with van der Waals surface area (Å²) in [6, 6.07) is 12.1. The average Bonchev–Trinajstić information content (AvgIpc) is 3.60. The number of rotatable bonds is 7. The Hall–Kier alpha value is -4.41. The van der Waals surface area contributed by atoms with Crippen LogP contribution in [0.15, 0.2) is 67.8 Å². The standard InChI is InChI=1S/C27H24N6O5S2/c1-14-6-11-20(38-14)22-17(12-28)24(29)33(18-4-3-5-19(34)23(18)22)26-31-32-27(40-26)39-13-21(35)30-16-9-7-15(8-10-16)25(36)37-2/h6-11,22H,3-5,13,29H2,1-2H3,(H,30,35). The van der Waals surface area contributed by atoms with E-state index in [2.05, 4.69) is 26.3 Å². The summed E-state index contributed by atoms with van der Waals surface area (Å²) < 4.78 is 11.0. The Morgan fingerprint density at radius 2 is 2.02 bits per heavy atom. The van der Waals surface area contributed by atoms with Crippen molar-refractivity contribution in [3.8, 4) is 6.07 Å². The number of aromatic nitrogens is 2. The Labute approximate surface area is 237 Å². The fourth-order valence-electron chi connectivity index (χ4n) is 4.68. The molecule has 2 aromatic heterocycles. The Morgan fingerprint density at radius 1 is 1.25 bits per heavy atom. The molecule has 2 aliphatic rings. The number of aryl methyl sites for hydroxylation is 1. The fraction of sp³-hybridized carbons (Fsp3) is 0.259.